The van der Waals surface area contributed by atoms with Gasteiger partial charge in [0.05, 0.1) is 17.5 Å². The van der Waals surface area contributed by atoms with E-state index in [1.165, 1.54) is 6.07 Å². The number of hydrogen-bond donors (Lipinski definition) is 0. The molecule has 0 spiro atoms. The number of carbonyl (C=O) groups excluding carboxylic acids is 1. The molecule has 2 rings (SSSR count). The monoisotopic (exact) mass is 229 g/mol. The minimum Gasteiger partial charge on any atom is -0.298 e. The van der Waals surface area contributed by atoms with Crippen LogP contribution in [0.5, 0.6) is 0 Å². The first-order chi connectivity index (χ1) is 8.11. The second-order valence-corrected chi connectivity index (χ2v) is 4.03. The molecule has 0 bridgehead atoms. The lowest BCUT2D eigenvalue weighted by Gasteiger charge is -2.07. The van der Waals surface area contributed by atoms with Gasteiger partial charge in [-0.1, -0.05) is 23.8 Å². The number of aryl methyl sites for hydroxylation is 2. The Labute approximate surface area is 99.1 Å². The molecule has 17 heavy (non-hydrogen) atoms. The number of hydrogen-bond acceptors (Lipinski definition) is 2. The van der Waals surface area contributed by atoms with Gasteiger partial charge in [0.1, 0.15) is 0 Å². The van der Waals surface area contributed by atoms with Crippen LogP contribution in [0.2, 0.25) is 0 Å². The molecular formula is C14H12FNO. The van der Waals surface area contributed by atoms with E-state index in [2.05, 4.69) is 4.98 Å². The number of aromatic nitrogens is 1. The summed E-state index contributed by atoms with van der Waals surface area (Å²) in [6.45, 7) is 3.97. The highest BCUT2D eigenvalue weighted by Crippen LogP contribution is 2.23. The van der Waals surface area contributed by atoms with E-state index < -0.39 is 5.82 Å². The summed E-state index contributed by atoms with van der Waals surface area (Å²) in [7, 11) is 0. The third-order valence-electron chi connectivity index (χ3n) is 2.67. The van der Waals surface area contributed by atoms with Gasteiger partial charge in [-0.05, 0) is 25.5 Å². The van der Waals surface area contributed by atoms with E-state index in [1.807, 2.05) is 32.0 Å². The van der Waals surface area contributed by atoms with Crippen molar-refractivity contribution in [1.82, 2.24) is 4.98 Å². The zero-order chi connectivity index (χ0) is 12.4. The maximum absolute atomic E-state index is 13.2. The van der Waals surface area contributed by atoms with Crippen LogP contribution >= 0.6 is 0 Å². The van der Waals surface area contributed by atoms with Crippen LogP contribution in [-0.4, -0.2) is 11.3 Å². The van der Waals surface area contributed by atoms with Gasteiger partial charge in [0.15, 0.2) is 12.1 Å². The van der Waals surface area contributed by atoms with Gasteiger partial charge in [0, 0.05) is 5.56 Å². The molecule has 0 atom stereocenters. The first-order valence-corrected chi connectivity index (χ1v) is 5.30. The maximum atomic E-state index is 13.2. The van der Waals surface area contributed by atoms with E-state index in [0.717, 1.165) is 22.9 Å². The molecule has 1 aromatic carbocycles. The molecular weight excluding hydrogens is 217 g/mol. The number of pyridine rings is 1. The van der Waals surface area contributed by atoms with Crippen LogP contribution in [-0.2, 0) is 0 Å². The summed E-state index contributed by atoms with van der Waals surface area (Å²) in [4.78, 5) is 14.7. The lowest BCUT2D eigenvalue weighted by molar-refractivity contribution is 0.111. The van der Waals surface area contributed by atoms with Crippen molar-refractivity contribution in [1.29, 1.82) is 0 Å². The van der Waals surface area contributed by atoms with Crippen molar-refractivity contribution in [3.63, 3.8) is 0 Å². The Balaban J connectivity index is 2.56. The average molecular weight is 229 g/mol. The van der Waals surface area contributed by atoms with Gasteiger partial charge in [0.25, 0.3) is 0 Å². The first kappa shape index (κ1) is 11.5. The Kier molecular flexibility index (Phi) is 3.00. The molecule has 86 valence electrons. The minimum absolute atomic E-state index is 0.0370. The molecule has 3 heteroatoms. The van der Waals surface area contributed by atoms with E-state index in [1.54, 1.807) is 0 Å². The summed E-state index contributed by atoms with van der Waals surface area (Å²) in [6.07, 6.45) is 1.59. The summed E-state index contributed by atoms with van der Waals surface area (Å²) in [5, 5.41) is 0. The summed E-state index contributed by atoms with van der Waals surface area (Å²) in [6, 6.07) is 7.40. The van der Waals surface area contributed by atoms with Crippen LogP contribution < -0.4 is 0 Å². The molecule has 0 fully saturated rings. The summed E-state index contributed by atoms with van der Waals surface area (Å²) >= 11 is 0. The largest absolute Gasteiger partial charge is 0.298 e. The second kappa shape index (κ2) is 4.45. The maximum Gasteiger partial charge on any atom is 0.153 e. The van der Waals surface area contributed by atoms with Crippen molar-refractivity contribution >= 4 is 6.29 Å². The summed E-state index contributed by atoms with van der Waals surface area (Å²) in [5.74, 6) is -0.589. The predicted octanol–water partition coefficient (Wildman–Crippen LogP) is 3.32. The Morgan fingerprint density at radius 2 is 2.00 bits per heavy atom. The van der Waals surface area contributed by atoms with Gasteiger partial charge < -0.3 is 0 Å². The van der Waals surface area contributed by atoms with Crippen molar-refractivity contribution in [2.75, 3.05) is 0 Å². The van der Waals surface area contributed by atoms with Gasteiger partial charge in [-0.25, -0.2) is 4.39 Å². The molecule has 0 aliphatic carbocycles. The molecule has 1 aromatic heterocycles. The molecule has 0 amide bonds. The highest BCUT2D eigenvalue weighted by atomic mass is 19.1. The van der Waals surface area contributed by atoms with Gasteiger partial charge in [-0.3, -0.25) is 9.78 Å². The van der Waals surface area contributed by atoms with E-state index in [0.29, 0.717) is 12.0 Å². The normalized spacial score (nSPS) is 10.3. The fraction of sp³-hybridized carbons (Fsp3) is 0.143. The molecule has 0 saturated heterocycles. The Bertz CT molecular complexity index is 578. The van der Waals surface area contributed by atoms with E-state index in [9.17, 15) is 9.18 Å². The molecule has 2 nitrogen and oxygen atoms in total. The van der Waals surface area contributed by atoms with Crippen LogP contribution in [0.3, 0.4) is 0 Å². The Hall–Kier alpha value is -2.03. The number of benzene rings is 1. The zero-order valence-electron chi connectivity index (χ0n) is 9.70. The average Bonchev–Trinajstić information content (AvgIpc) is 2.30. The first-order valence-electron chi connectivity index (χ1n) is 5.30. The number of rotatable bonds is 2. The predicted molar refractivity (Wildman–Crippen MR) is 64.5 cm³/mol. The molecule has 0 radical (unpaired) electrons. The van der Waals surface area contributed by atoms with Gasteiger partial charge >= 0.3 is 0 Å². The smallest absolute Gasteiger partial charge is 0.153 e. The van der Waals surface area contributed by atoms with Crippen molar-refractivity contribution in [2.24, 2.45) is 0 Å². The molecule has 0 aliphatic heterocycles. The van der Waals surface area contributed by atoms with Crippen LogP contribution in [0.1, 0.15) is 21.5 Å². The van der Waals surface area contributed by atoms with Crippen molar-refractivity contribution < 1.29 is 9.18 Å². The number of aldehydes is 1. The fourth-order valence-electron chi connectivity index (χ4n) is 1.79. The molecule has 0 aliphatic rings. The van der Waals surface area contributed by atoms with Crippen LogP contribution in [0.25, 0.3) is 11.3 Å². The number of carbonyl (C=O) groups is 1. The third-order valence-corrected chi connectivity index (χ3v) is 2.67. The Morgan fingerprint density at radius 3 is 2.65 bits per heavy atom. The van der Waals surface area contributed by atoms with Gasteiger partial charge in [-0.15, -0.1) is 0 Å². The van der Waals surface area contributed by atoms with Crippen LogP contribution in [0.15, 0.2) is 30.5 Å². The lowest BCUT2D eigenvalue weighted by Crippen LogP contribution is -1.94. The van der Waals surface area contributed by atoms with Crippen LogP contribution in [0, 0.1) is 19.7 Å². The molecule has 0 saturated carbocycles. The SMILES string of the molecule is Cc1ccc(-c2cc(C=O)c(F)cn2)c(C)c1. The molecule has 1 heterocycles. The second-order valence-electron chi connectivity index (χ2n) is 4.03. The fourth-order valence-corrected chi connectivity index (χ4v) is 1.79. The van der Waals surface area contributed by atoms with E-state index >= 15 is 0 Å². The lowest BCUT2D eigenvalue weighted by atomic mass is 10.0. The number of nitrogens with zero attached hydrogens (tertiary/aromatic N) is 1. The van der Waals surface area contributed by atoms with E-state index in [-0.39, 0.29) is 5.56 Å². The van der Waals surface area contributed by atoms with Gasteiger partial charge in [-0.2, -0.15) is 0 Å². The Morgan fingerprint density at radius 1 is 1.24 bits per heavy atom. The standard InChI is InChI=1S/C14H12FNO/c1-9-3-4-12(10(2)5-9)14-6-11(8-17)13(15)7-16-14/h3-8H,1-2H3. The topological polar surface area (TPSA) is 30.0 Å². The van der Waals surface area contributed by atoms with Gasteiger partial charge in [0.2, 0.25) is 0 Å². The van der Waals surface area contributed by atoms with Crippen molar-refractivity contribution in [2.45, 2.75) is 13.8 Å². The summed E-state index contributed by atoms with van der Waals surface area (Å²) < 4.78 is 13.2. The highest BCUT2D eigenvalue weighted by molar-refractivity contribution is 5.78. The summed E-state index contributed by atoms with van der Waals surface area (Å²) in [5.41, 5.74) is 3.78. The third kappa shape index (κ3) is 2.23. The molecule has 0 N–H and O–H groups in total. The molecule has 0 unspecified atom stereocenters. The van der Waals surface area contributed by atoms with E-state index in [4.69, 9.17) is 0 Å². The molecule has 2 aromatic rings. The zero-order valence-corrected chi connectivity index (χ0v) is 9.70. The quantitative estimate of drug-likeness (QED) is 0.739. The van der Waals surface area contributed by atoms with Crippen molar-refractivity contribution in [3.05, 3.63) is 53.0 Å². The number of halogens is 1. The van der Waals surface area contributed by atoms with Crippen molar-refractivity contribution in [3.8, 4) is 11.3 Å². The van der Waals surface area contributed by atoms with Crippen LogP contribution in [0.4, 0.5) is 4.39 Å². The highest BCUT2D eigenvalue weighted by Gasteiger charge is 2.07. The minimum atomic E-state index is -0.589.